The standard InChI is InChI=1S/C24H19ClFNO5/c1-31-21(28)19-18(13-5-3-2-4-6-13)24(14-7-9-16(26)10-8-14)22(29)23(19,30)20-17(32-24)11-15(25)12-27-20/h2-9,11-12,16,18-19,30H,10H2,1H3/t16?,18-,19-,23-,24?/m1/s1. The van der Waals surface area contributed by atoms with Crippen molar-refractivity contribution in [2.24, 2.45) is 5.92 Å². The third-order valence-electron chi connectivity index (χ3n) is 6.45. The number of benzene rings is 1. The molecule has 6 nitrogen and oxygen atoms in total. The number of esters is 1. The summed E-state index contributed by atoms with van der Waals surface area (Å²) < 4.78 is 25.3. The molecule has 2 aliphatic carbocycles. The van der Waals surface area contributed by atoms with Gasteiger partial charge in [0.25, 0.3) is 0 Å². The lowest BCUT2D eigenvalue weighted by atomic mass is 9.74. The van der Waals surface area contributed by atoms with E-state index >= 15 is 0 Å². The van der Waals surface area contributed by atoms with Crippen LogP contribution in [-0.4, -0.2) is 40.7 Å². The molecule has 0 radical (unpaired) electrons. The second kappa shape index (κ2) is 7.25. The van der Waals surface area contributed by atoms with E-state index in [2.05, 4.69) is 4.98 Å². The molecule has 5 atom stereocenters. The van der Waals surface area contributed by atoms with Crippen molar-refractivity contribution in [3.63, 3.8) is 0 Å². The lowest BCUT2D eigenvalue weighted by molar-refractivity contribution is -0.162. The molecule has 2 heterocycles. The number of rotatable bonds is 3. The monoisotopic (exact) mass is 455 g/mol. The normalized spacial score (nSPS) is 32.7. The fraction of sp³-hybridized carbons (Fsp3) is 0.292. The van der Waals surface area contributed by atoms with E-state index in [4.69, 9.17) is 21.1 Å². The van der Waals surface area contributed by atoms with E-state index in [1.54, 1.807) is 36.4 Å². The molecule has 2 unspecified atom stereocenters. The van der Waals surface area contributed by atoms with Gasteiger partial charge >= 0.3 is 5.97 Å². The highest BCUT2D eigenvalue weighted by Crippen LogP contribution is 2.63. The zero-order valence-electron chi connectivity index (χ0n) is 17.0. The SMILES string of the molecule is COC(=O)[C@H]1[C@@H](c2ccccc2)C2(C3=CCC(F)C=C3)Oc3cc(Cl)cnc3[C@@]1(O)C2=O. The van der Waals surface area contributed by atoms with Crippen LogP contribution in [0.25, 0.3) is 0 Å². The van der Waals surface area contributed by atoms with Gasteiger partial charge in [-0.3, -0.25) is 14.6 Å². The summed E-state index contributed by atoms with van der Waals surface area (Å²) in [6.45, 7) is 0. The summed E-state index contributed by atoms with van der Waals surface area (Å²) in [4.78, 5) is 31.3. The average molecular weight is 456 g/mol. The number of carbonyl (C=O) groups excluding carboxylic acids is 2. The van der Waals surface area contributed by atoms with Crippen molar-refractivity contribution in [1.29, 1.82) is 0 Å². The molecule has 0 saturated heterocycles. The number of allylic oxidation sites excluding steroid dienone is 2. The van der Waals surface area contributed by atoms with E-state index in [9.17, 15) is 19.1 Å². The van der Waals surface area contributed by atoms with E-state index in [1.807, 2.05) is 0 Å². The van der Waals surface area contributed by atoms with Gasteiger partial charge in [-0.05, 0) is 17.2 Å². The highest BCUT2D eigenvalue weighted by Gasteiger charge is 2.77. The first-order valence-electron chi connectivity index (χ1n) is 10.1. The van der Waals surface area contributed by atoms with Gasteiger partial charge in [0.1, 0.15) is 23.5 Å². The second-order valence-electron chi connectivity index (χ2n) is 8.09. The Morgan fingerprint density at radius 3 is 2.75 bits per heavy atom. The Balaban J connectivity index is 1.86. The molecular formula is C24H19ClFNO5. The molecule has 1 N–H and O–H groups in total. The van der Waals surface area contributed by atoms with E-state index in [1.165, 1.54) is 31.5 Å². The smallest absolute Gasteiger partial charge is 0.313 e. The summed E-state index contributed by atoms with van der Waals surface area (Å²) in [5.41, 5.74) is -3.28. The Labute approximate surface area is 188 Å². The quantitative estimate of drug-likeness (QED) is 0.714. The summed E-state index contributed by atoms with van der Waals surface area (Å²) in [6, 6.07) is 10.3. The molecule has 164 valence electrons. The Morgan fingerprint density at radius 2 is 2.09 bits per heavy atom. The lowest BCUT2D eigenvalue weighted by Gasteiger charge is -2.40. The summed E-state index contributed by atoms with van der Waals surface area (Å²) in [5.74, 6) is -3.76. The summed E-state index contributed by atoms with van der Waals surface area (Å²) >= 11 is 6.13. The van der Waals surface area contributed by atoms with Crippen LogP contribution in [0.15, 0.2) is 66.4 Å². The van der Waals surface area contributed by atoms with Crippen molar-refractivity contribution in [3.05, 3.63) is 82.7 Å². The van der Waals surface area contributed by atoms with Crippen LogP contribution in [0.4, 0.5) is 4.39 Å². The number of hydrogen-bond donors (Lipinski definition) is 1. The predicted molar refractivity (Wildman–Crippen MR) is 113 cm³/mol. The van der Waals surface area contributed by atoms with Gasteiger partial charge in [0.15, 0.2) is 5.60 Å². The maximum Gasteiger partial charge on any atom is 0.313 e. The highest BCUT2D eigenvalue weighted by molar-refractivity contribution is 6.30. The van der Waals surface area contributed by atoms with Gasteiger partial charge in [-0.1, -0.05) is 54.1 Å². The zero-order valence-corrected chi connectivity index (χ0v) is 17.8. The first-order chi connectivity index (χ1) is 15.3. The number of fused-ring (bicyclic) bond motifs is 4. The second-order valence-corrected chi connectivity index (χ2v) is 8.53. The minimum atomic E-state index is -2.33. The van der Waals surface area contributed by atoms with Crippen LogP contribution < -0.4 is 4.74 Å². The fourth-order valence-electron chi connectivity index (χ4n) is 5.12. The molecular weight excluding hydrogens is 437 g/mol. The molecule has 0 amide bonds. The lowest BCUT2D eigenvalue weighted by Crippen LogP contribution is -2.54. The van der Waals surface area contributed by atoms with Crippen LogP contribution in [0, 0.1) is 5.92 Å². The first-order valence-corrected chi connectivity index (χ1v) is 10.5. The minimum Gasteiger partial charge on any atom is -0.472 e. The van der Waals surface area contributed by atoms with Crippen molar-refractivity contribution in [2.45, 2.75) is 29.7 Å². The van der Waals surface area contributed by atoms with Crippen LogP contribution in [-0.2, 0) is 19.9 Å². The maximum atomic E-state index is 14.1. The number of ether oxygens (including phenoxy) is 2. The summed E-state index contributed by atoms with van der Waals surface area (Å²) in [5, 5.41) is 12.1. The molecule has 1 aromatic carbocycles. The zero-order chi connectivity index (χ0) is 22.7. The Morgan fingerprint density at radius 1 is 1.34 bits per heavy atom. The molecule has 8 heteroatoms. The Hall–Kier alpha value is -3.03. The van der Waals surface area contributed by atoms with Gasteiger partial charge in [0.2, 0.25) is 11.4 Å². The molecule has 2 bridgehead atoms. The van der Waals surface area contributed by atoms with E-state index in [0.717, 1.165) is 0 Å². The number of carbonyl (C=O) groups is 2. The van der Waals surface area contributed by atoms with E-state index < -0.39 is 41.0 Å². The molecule has 2 aromatic rings. The van der Waals surface area contributed by atoms with E-state index in [0.29, 0.717) is 11.1 Å². The number of nitrogens with zero attached hydrogens (tertiary/aromatic N) is 1. The van der Waals surface area contributed by atoms with Gasteiger partial charge in [-0.15, -0.1) is 0 Å². The van der Waals surface area contributed by atoms with Crippen molar-refractivity contribution in [1.82, 2.24) is 4.98 Å². The molecule has 3 aliphatic rings. The number of pyridine rings is 1. The van der Waals surface area contributed by atoms with Crippen LogP contribution >= 0.6 is 11.6 Å². The molecule has 1 fully saturated rings. The van der Waals surface area contributed by atoms with Crippen molar-refractivity contribution >= 4 is 23.4 Å². The molecule has 1 aromatic heterocycles. The number of ketones is 1. The number of alkyl halides is 1. The third-order valence-corrected chi connectivity index (χ3v) is 6.65. The summed E-state index contributed by atoms with van der Waals surface area (Å²) in [7, 11) is 1.19. The van der Waals surface area contributed by atoms with Crippen LogP contribution in [0.1, 0.15) is 23.6 Å². The number of aliphatic hydroxyl groups is 1. The largest absolute Gasteiger partial charge is 0.472 e. The number of hydrogen-bond acceptors (Lipinski definition) is 6. The molecule has 1 saturated carbocycles. The highest BCUT2D eigenvalue weighted by atomic mass is 35.5. The average Bonchev–Trinajstić information content (AvgIpc) is 2.93. The van der Waals surface area contributed by atoms with Crippen molar-refractivity contribution in [3.8, 4) is 5.75 Å². The van der Waals surface area contributed by atoms with Gasteiger partial charge in [-0.2, -0.15) is 0 Å². The van der Waals surface area contributed by atoms with Gasteiger partial charge in [0.05, 0.1) is 18.1 Å². The molecule has 5 rings (SSSR count). The molecule has 1 aliphatic heterocycles. The van der Waals surface area contributed by atoms with Gasteiger partial charge < -0.3 is 14.6 Å². The fourth-order valence-corrected chi connectivity index (χ4v) is 5.27. The number of Topliss-reactive ketones (excluding diaryl/α,β-unsaturated/α-hetero) is 1. The topological polar surface area (TPSA) is 85.7 Å². The van der Waals surface area contributed by atoms with Crippen LogP contribution in [0.5, 0.6) is 5.75 Å². The number of aromatic nitrogens is 1. The van der Waals surface area contributed by atoms with E-state index in [-0.39, 0.29) is 22.9 Å². The maximum absolute atomic E-state index is 14.1. The molecule has 32 heavy (non-hydrogen) atoms. The number of halogens is 2. The van der Waals surface area contributed by atoms with Crippen molar-refractivity contribution in [2.75, 3.05) is 7.11 Å². The summed E-state index contributed by atoms with van der Waals surface area (Å²) in [6.07, 6.45) is 4.49. The predicted octanol–water partition coefficient (Wildman–Crippen LogP) is 3.43. The molecule has 0 spiro atoms. The van der Waals surface area contributed by atoms with Crippen LogP contribution in [0.2, 0.25) is 5.02 Å². The van der Waals surface area contributed by atoms with Crippen molar-refractivity contribution < 1.29 is 28.6 Å². The Bertz CT molecular complexity index is 1180. The van der Waals surface area contributed by atoms with Crippen LogP contribution in [0.3, 0.4) is 0 Å². The third kappa shape index (κ3) is 2.64. The van der Waals surface area contributed by atoms with Gasteiger partial charge in [-0.25, -0.2) is 4.39 Å². The Kier molecular flexibility index (Phi) is 4.72. The van der Waals surface area contributed by atoms with Gasteiger partial charge in [0, 0.05) is 18.7 Å². The first kappa shape index (κ1) is 20.8. The minimum absolute atomic E-state index is 0.0354. The number of methoxy groups -OCH3 is 1.